The van der Waals surface area contributed by atoms with Crippen molar-refractivity contribution in [2.45, 2.75) is 38.8 Å². The summed E-state index contributed by atoms with van der Waals surface area (Å²) in [6, 6.07) is 4.77. The number of hydrogen-bond donors (Lipinski definition) is 1. The Morgan fingerprint density at radius 2 is 2.32 bits per heavy atom. The molecule has 0 aliphatic carbocycles. The third kappa shape index (κ3) is 3.47. The van der Waals surface area contributed by atoms with Crippen molar-refractivity contribution in [3.05, 3.63) is 34.6 Å². The van der Waals surface area contributed by atoms with Crippen LogP contribution in [-0.4, -0.2) is 19.3 Å². The highest BCUT2D eigenvalue weighted by molar-refractivity contribution is 6.30. The van der Waals surface area contributed by atoms with E-state index in [9.17, 15) is 4.39 Å². The van der Waals surface area contributed by atoms with E-state index < -0.39 is 0 Å². The van der Waals surface area contributed by atoms with Crippen LogP contribution in [0.25, 0.3) is 0 Å². The zero-order valence-electron chi connectivity index (χ0n) is 11.5. The van der Waals surface area contributed by atoms with Crippen LogP contribution in [0.3, 0.4) is 0 Å². The van der Waals surface area contributed by atoms with Crippen molar-refractivity contribution in [2.75, 3.05) is 13.2 Å². The Morgan fingerprint density at radius 1 is 1.53 bits per heavy atom. The molecule has 1 heterocycles. The summed E-state index contributed by atoms with van der Waals surface area (Å²) in [4.78, 5) is 0. The Balaban J connectivity index is 2.25. The fourth-order valence-electron chi connectivity index (χ4n) is 2.60. The summed E-state index contributed by atoms with van der Waals surface area (Å²) in [5, 5.41) is 3.84. The van der Waals surface area contributed by atoms with Gasteiger partial charge in [0.05, 0.1) is 12.1 Å². The number of benzene rings is 1. The first-order chi connectivity index (χ1) is 9.13. The predicted octanol–water partition coefficient (Wildman–Crippen LogP) is 3.94. The normalized spacial score (nSPS) is 24.6. The molecule has 4 heteroatoms. The Labute approximate surface area is 119 Å². The molecule has 1 aliphatic heterocycles. The number of nitrogens with one attached hydrogen (secondary N) is 1. The maximum atomic E-state index is 14.1. The van der Waals surface area contributed by atoms with E-state index in [1.807, 2.05) is 0 Å². The smallest absolute Gasteiger partial charge is 0.129 e. The Morgan fingerprint density at radius 3 is 2.89 bits per heavy atom. The lowest BCUT2D eigenvalue weighted by molar-refractivity contribution is 0.0596. The first-order valence-electron chi connectivity index (χ1n) is 6.93. The molecule has 2 nitrogen and oxygen atoms in total. The van der Waals surface area contributed by atoms with E-state index in [0.717, 1.165) is 26.0 Å². The molecule has 2 rings (SSSR count). The van der Waals surface area contributed by atoms with Gasteiger partial charge in [-0.3, -0.25) is 0 Å². The Bertz CT molecular complexity index is 427. The van der Waals surface area contributed by atoms with Gasteiger partial charge in [-0.1, -0.05) is 31.5 Å². The van der Waals surface area contributed by atoms with Crippen LogP contribution in [0.4, 0.5) is 4.39 Å². The van der Waals surface area contributed by atoms with Crippen LogP contribution in [0, 0.1) is 11.7 Å². The van der Waals surface area contributed by atoms with Gasteiger partial charge >= 0.3 is 0 Å². The van der Waals surface area contributed by atoms with Gasteiger partial charge < -0.3 is 10.1 Å². The van der Waals surface area contributed by atoms with Gasteiger partial charge in [0.25, 0.3) is 0 Å². The Hall–Kier alpha value is -0.640. The molecule has 1 aromatic rings. The van der Waals surface area contributed by atoms with Gasteiger partial charge in [-0.15, -0.1) is 0 Å². The second kappa shape index (κ2) is 6.69. The average molecular weight is 286 g/mol. The molecule has 1 N–H and O–H groups in total. The largest absolute Gasteiger partial charge is 0.376 e. The molecule has 0 bridgehead atoms. The molecule has 3 atom stereocenters. The monoisotopic (exact) mass is 285 g/mol. The van der Waals surface area contributed by atoms with Crippen LogP contribution in [0.2, 0.25) is 5.02 Å². The highest BCUT2D eigenvalue weighted by atomic mass is 35.5. The number of rotatable bonds is 5. The highest BCUT2D eigenvalue weighted by Gasteiger charge is 2.34. The summed E-state index contributed by atoms with van der Waals surface area (Å²) in [6.45, 7) is 5.86. The minimum Gasteiger partial charge on any atom is -0.376 e. The van der Waals surface area contributed by atoms with E-state index in [1.54, 1.807) is 12.1 Å². The molecule has 0 aromatic heterocycles. The molecule has 1 fully saturated rings. The van der Waals surface area contributed by atoms with Crippen LogP contribution in [0.1, 0.15) is 38.3 Å². The van der Waals surface area contributed by atoms with E-state index in [-0.39, 0.29) is 18.0 Å². The van der Waals surface area contributed by atoms with Gasteiger partial charge in [0.2, 0.25) is 0 Å². The molecule has 3 unspecified atom stereocenters. The first-order valence-corrected chi connectivity index (χ1v) is 7.31. The molecule has 0 radical (unpaired) electrons. The molecular formula is C15H21ClFNO. The van der Waals surface area contributed by atoms with E-state index >= 15 is 0 Å². The summed E-state index contributed by atoms with van der Waals surface area (Å²) in [5.41, 5.74) is 0.650. The van der Waals surface area contributed by atoms with Crippen LogP contribution < -0.4 is 5.32 Å². The van der Waals surface area contributed by atoms with Crippen LogP contribution in [0.15, 0.2) is 18.2 Å². The van der Waals surface area contributed by atoms with Crippen molar-refractivity contribution in [2.24, 2.45) is 5.92 Å². The Kier molecular flexibility index (Phi) is 5.20. The van der Waals surface area contributed by atoms with Crippen molar-refractivity contribution >= 4 is 11.6 Å². The fraction of sp³-hybridized carbons (Fsp3) is 0.600. The lowest BCUT2D eigenvalue weighted by atomic mass is 9.92. The van der Waals surface area contributed by atoms with Crippen LogP contribution in [-0.2, 0) is 4.74 Å². The van der Waals surface area contributed by atoms with Gasteiger partial charge in [0.15, 0.2) is 0 Å². The standard InChI is InChI=1S/C15H21ClFNO/c1-3-7-18-14(15-10(2)6-8-19-15)12-5-4-11(16)9-13(12)17/h4-5,9-10,14-15,18H,3,6-8H2,1-2H3. The third-order valence-electron chi connectivity index (χ3n) is 3.68. The minimum absolute atomic E-state index is 0.0298. The van der Waals surface area contributed by atoms with Crippen LogP contribution in [0.5, 0.6) is 0 Å². The van der Waals surface area contributed by atoms with Crippen molar-refractivity contribution in [1.29, 1.82) is 0 Å². The SMILES string of the molecule is CCCNC(c1ccc(Cl)cc1F)C1OCCC1C. The quantitative estimate of drug-likeness (QED) is 0.885. The minimum atomic E-state index is -0.260. The average Bonchev–Trinajstić information content (AvgIpc) is 2.78. The summed E-state index contributed by atoms with van der Waals surface area (Å²) in [5.74, 6) is 0.174. The topological polar surface area (TPSA) is 21.3 Å². The molecule has 1 aromatic carbocycles. The molecular weight excluding hydrogens is 265 g/mol. The van der Waals surface area contributed by atoms with E-state index in [2.05, 4.69) is 19.2 Å². The first kappa shape index (κ1) is 14.8. The van der Waals surface area contributed by atoms with Crippen molar-refractivity contribution < 1.29 is 9.13 Å². The molecule has 0 spiro atoms. The molecule has 0 amide bonds. The third-order valence-corrected chi connectivity index (χ3v) is 3.92. The number of hydrogen-bond acceptors (Lipinski definition) is 2. The number of ether oxygens (including phenoxy) is 1. The summed E-state index contributed by atoms with van der Waals surface area (Å²) in [6.07, 6.45) is 2.07. The molecule has 106 valence electrons. The van der Waals surface area contributed by atoms with Gasteiger partial charge in [-0.25, -0.2) is 4.39 Å². The van der Waals surface area contributed by atoms with Gasteiger partial charge in [0, 0.05) is 17.2 Å². The second-order valence-electron chi connectivity index (χ2n) is 5.20. The lowest BCUT2D eigenvalue weighted by Gasteiger charge is -2.28. The summed E-state index contributed by atoms with van der Waals surface area (Å²) >= 11 is 5.82. The molecule has 1 saturated heterocycles. The molecule has 1 aliphatic rings. The van der Waals surface area contributed by atoms with E-state index in [0.29, 0.717) is 16.5 Å². The van der Waals surface area contributed by atoms with Gasteiger partial charge in [-0.05, 0) is 37.4 Å². The van der Waals surface area contributed by atoms with Gasteiger partial charge in [0.1, 0.15) is 5.82 Å². The van der Waals surface area contributed by atoms with Crippen LogP contribution >= 0.6 is 11.6 Å². The fourth-order valence-corrected chi connectivity index (χ4v) is 2.76. The molecule has 19 heavy (non-hydrogen) atoms. The van der Waals surface area contributed by atoms with E-state index in [1.165, 1.54) is 6.07 Å². The summed E-state index contributed by atoms with van der Waals surface area (Å²) < 4.78 is 19.9. The maximum Gasteiger partial charge on any atom is 0.129 e. The highest BCUT2D eigenvalue weighted by Crippen LogP contribution is 2.33. The molecule has 0 saturated carbocycles. The van der Waals surface area contributed by atoms with Gasteiger partial charge in [-0.2, -0.15) is 0 Å². The predicted molar refractivity (Wildman–Crippen MR) is 76.0 cm³/mol. The lowest BCUT2D eigenvalue weighted by Crippen LogP contribution is -2.35. The van der Waals surface area contributed by atoms with Crippen molar-refractivity contribution in [1.82, 2.24) is 5.32 Å². The van der Waals surface area contributed by atoms with Crippen molar-refractivity contribution in [3.63, 3.8) is 0 Å². The van der Waals surface area contributed by atoms with E-state index in [4.69, 9.17) is 16.3 Å². The number of halogens is 2. The van der Waals surface area contributed by atoms with Crippen molar-refractivity contribution in [3.8, 4) is 0 Å². The zero-order chi connectivity index (χ0) is 13.8. The zero-order valence-corrected chi connectivity index (χ0v) is 12.2. The summed E-state index contributed by atoms with van der Waals surface area (Å²) in [7, 11) is 0. The maximum absolute atomic E-state index is 14.1. The second-order valence-corrected chi connectivity index (χ2v) is 5.64.